The van der Waals surface area contributed by atoms with Crippen molar-refractivity contribution in [1.82, 2.24) is 0 Å². The molecule has 0 spiro atoms. The number of terminal acetylenes is 1. The number of rotatable bonds is 3. The molecule has 0 radical (unpaired) electrons. The van der Waals surface area contributed by atoms with E-state index in [0.29, 0.717) is 0 Å². The van der Waals surface area contributed by atoms with E-state index in [1.54, 1.807) is 17.6 Å². The van der Waals surface area contributed by atoms with Gasteiger partial charge in [-0.25, -0.2) is 0 Å². The summed E-state index contributed by atoms with van der Waals surface area (Å²) in [7, 11) is 0. The van der Waals surface area contributed by atoms with E-state index in [9.17, 15) is 0 Å². The summed E-state index contributed by atoms with van der Waals surface area (Å²) in [6.07, 6.45) is 6.65. The van der Waals surface area contributed by atoms with Crippen LogP contribution in [-0.2, 0) is 4.84 Å². The predicted octanol–water partition coefficient (Wildman–Crippen LogP) is 2.04. The van der Waals surface area contributed by atoms with Gasteiger partial charge in [0.1, 0.15) is 0 Å². The van der Waals surface area contributed by atoms with E-state index in [2.05, 4.69) is 11.1 Å². The Morgan fingerprint density at radius 2 is 2.67 bits per heavy atom. The number of oxime groups is 1. The Labute approximate surface area is 75.9 Å². The molecular formula is C9H9NOS. The average molecular weight is 179 g/mol. The van der Waals surface area contributed by atoms with Crippen LogP contribution in [0.15, 0.2) is 16.6 Å². The van der Waals surface area contributed by atoms with Crippen LogP contribution >= 0.6 is 11.3 Å². The molecule has 0 amide bonds. The standard InChI is InChI=1S/C9H9NOS/c1-3-5-11-10-7-9-8(2)4-6-12-9/h1,4,6-7H,5H2,2H3/b10-7+. The fourth-order valence-electron chi connectivity index (χ4n) is 0.676. The maximum absolute atomic E-state index is 4.97. The van der Waals surface area contributed by atoms with Crippen molar-refractivity contribution in [2.45, 2.75) is 6.92 Å². The first-order chi connectivity index (χ1) is 5.84. The van der Waals surface area contributed by atoms with Crippen molar-refractivity contribution in [3.63, 3.8) is 0 Å². The predicted molar refractivity (Wildman–Crippen MR) is 51.4 cm³/mol. The van der Waals surface area contributed by atoms with Crippen LogP contribution in [0.3, 0.4) is 0 Å². The van der Waals surface area contributed by atoms with Crippen molar-refractivity contribution < 1.29 is 4.84 Å². The molecule has 0 saturated carbocycles. The molecule has 0 unspecified atom stereocenters. The van der Waals surface area contributed by atoms with Gasteiger partial charge >= 0.3 is 0 Å². The molecule has 0 aliphatic carbocycles. The van der Waals surface area contributed by atoms with Crippen LogP contribution in [0.1, 0.15) is 10.4 Å². The Kier molecular flexibility index (Phi) is 3.36. The molecule has 1 aromatic rings. The molecule has 0 fully saturated rings. The molecule has 0 aromatic carbocycles. The summed E-state index contributed by atoms with van der Waals surface area (Å²) in [5.74, 6) is 2.33. The molecule has 0 saturated heterocycles. The largest absolute Gasteiger partial charge is 0.383 e. The summed E-state index contributed by atoms with van der Waals surface area (Å²) in [4.78, 5) is 5.85. The summed E-state index contributed by atoms with van der Waals surface area (Å²) in [6, 6.07) is 2.03. The van der Waals surface area contributed by atoms with Gasteiger partial charge in [-0.2, -0.15) is 0 Å². The summed E-state index contributed by atoms with van der Waals surface area (Å²) in [5, 5.41) is 5.72. The van der Waals surface area contributed by atoms with Crippen LogP contribution < -0.4 is 0 Å². The third-order valence-corrected chi connectivity index (χ3v) is 2.25. The van der Waals surface area contributed by atoms with Gasteiger partial charge in [-0.15, -0.1) is 17.8 Å². The molecule has 0 N–H and O–H groups in total. The Morgan fingerprint density at radius 1 is 1.83 bits per heavy atom. The smallest absolute Gasteiger partial charge is 0.177 e. The molecule has 62 valence electrons. The van der Waals surface area contributed by atoms with E-state index >= 15 is 0 Å². The highest BCUT2D eigenvalue weighted by atomic mass is 32.1. The molecular weight excluding hydrogens is 170 g/mol. The van der Waals surface area contributed by atoms with Crippen LogP contribution in [0, 0.1) is 19.3 Å². The first kappa shape index (κ1) is 8.82. The van der Waals surface area contributed by atoms with Crippen molar-refractivity contribution in [3.8, 4) is 12.3 Å². The van der Waals surface area contributed by atoms with Gasteiger partial charge in [0.2, 0.25) is 0 Å². The van der Waals surface area contributed by atoms with E-state index in [1.165, 1.54) is 5.56 Å². The van der Waals surface area contributed by atoms with Crippen molar-refractivity contribution in [2.75, 3.05) is 6.61 Å². The van der Waals surface area contributed by atoms with E-state index in [1.807, 2.05) is 18.4 Å². The lowest BCUT2D eigenvalue weighted by atomic mass is 10.3. The molecule has 0 aliphatic heterocycles. The van der Waals surface area contributed by atoms with E-state index in [-0.39, 0.29) is 6.61 Å². The summed E-state index contributed by atoms with van der Waals surface area (Å²) in [5.41, 5.74) is 1.20. The van der Waals surface area contributed by atoms with E-state index in [0.717, 1.165) is 4.88 Å². The van der Waals surface area contributed by atoms with Crippen molar-refractivity contribution >= 4 is 17.6 Å². The van der Waals surface area contributed by atoms with E-state index < -0.39 is 0 Å². The highest BCUT2D eigenvalue weighted by molar-refractivity contribution is 7.11. The topological polar surface area (TPSA) is 21.6 Å². The van der Waals surface area contributed by atoms with Crippen LogP contribution in [0.25, 0.3) is 0 Å². The fraction of sp³-hybridized carbons (Fsp3) is 0.222. The SMILES string of the molecule is C#CCO/N=C/c1sccc1C. The molecule has 0 aliphatic rings. The third-order valence-electron chi connectivity index (χ3n) is 1.29. The lowest BCUT2D eigenvalue weighted by Gasteiger charge is -1.90. The van der Waals surface area contributed by atoms with E-state index in [4.69, 9.17) is 11.3 Å². The van der Waals surface area contributed by atoms with Gasteiger partial charge in [-0.05, 0) is 23.9 Å². The zero-order chi connectivity index (χ0) is 8.81. The second-order valence-electron chi connectivity index (χ2n) is 2.18. The molecule has 1 heterocycles. The van der Waals surface area contributed by atoms with Gasteiger partial charge in [0.05, 0.1) is 11.1 Å². The first-order valence-electron chi connectivity index (χ1n) is 3.47. The van der Waals surface area contributed by atoms with Crippen LogP contribution in [-0.4, -0.2) is 12.8 Å². The number of aryl methyl sites for hydroxylation is 1. The summed E-state index contributed by atoms with van der Waals surface area (Å²) >= 11 is 1.63. The van der Waals surface area contributed by atoms with Crippen molar-refractivity contribution in [1.29, 1.82) is 0 Å². The van der Waals surface area contributed by atoms with Crippen molar-refractivity contribution in [3.05, 3.63) is 21.9 Å². The number of hydrogen-bond acceptors (Lipinski definition) is 3. The lowest BCUT2D eigenvalue weighted by Crippen LogP contribution is -1.84. The molecule has 3 heteroatoms. The Balaban J connectivity index is 2.47. The quantitative estimate of drug-likeness (QED) is 0.301. The summed E-state index contributed by atoms with van der Waals surface area (Å²) in [6.45, 7) is 2.25. The molecule has 0 bridgehead atoms. The van der Waals surface area contributed by atoms with Gasteiger partial charge in [0.25, 0.3) is 0 Å². The number of thiophene rings is 1. The fourth-order valence-corrected chi connectivity index (χ4v) is 1.45. The average Bonchev–Trinajstić information content (AvgIpc) is 2.46. The third kappa shape index (κ3) is 2.40. The Morgan fingerprint density at radius 3 is 3.25 bits per heavy atom. The molecule has 1 aromatic heterocycles. The van der Waals surface area contributed by atoms with Gasteiger partial charge in [0, 0.05) is 0 Å². The molecule has 0 atom stereocenters. The first-order valence-corrected chi connectivity index (χ1v) is 4.35. The molecule has 1 rings (SSSR count). The van der Waals surface area contributed by atoms with Gasteiger partial charge in [-0.3, -0.25) is 0 Å². The minimum Gasteiger partial charge on any atom is -0.383 e. The molecule has 2 nitrogen and oxygen atoms in total. The Bertz CT molecular complexity index is 309. The highest BCUT2D eigenvalue weighted by Crippen LogP contribution is 2.12. The lowest BCUT2D eigenvalue weighted by molar-refractivity contribution is 0.182. The highest BCUT2D eigenvalue weighted by Gasteiger charge is 1.93. The van der Waals surface area contributed by atoms with Crippen LogP contribution in [0.5, 0.6) is 0 Å². The maximum atomic E-state index is 4.97. The number of hydrogen-bond donors (Lipinski definition) is 0. The zero-order valence-electron chi connectivity index (χ0n) is 6.78. The minimum absolute atomic E-state index is 0.223. The monoisotopic (exact) mass is 179 g/mol. The zero-order valence-corrected chi connectivity index (χ0v) is 7.60. The number of nitrogens with zero attached hydrogens (tertiary/aromatic N) is 1. The van der Waals surface area contributed by atoms with Gasteiger partial charge in [0.15, 0.2) is 6.61 Å². The van der Waals surface area contributed by atoms with Gasteiger partial charge in [-0.1, -0.05) is 11.1 Å². The van der Waals surface area contributed by atoms with Crippen LogP contribution in [0.2, 0.25) is 0 Å². The van der Waals surface area contributed by atoms with Crippen molar-refractivity contribution in [2.24, 2.45) is 5.16 Å². The second kappa shape index (κ2) is 4.58. The second-order valence-corrected chi connectivity index (χ2v) is 3.13. The normalized spacial score (nSPS) is 10.0. The maximum Gasteiger partial charge on any atom is 0.177 e. The van der Waals surface area contributed by atoms with Crippen LogP contribution in [0.4, 0.5) is 0 Å². The molecule has 12 heavy (non-hydrogen) atoms. The Hall–Kier alpha value is -1.27. The summed E-state index contributed by atoms with van der Waals surface area (Å²) < 4.78 is 0. The van der Waals surface area contributed by atoms with Gasteiger partial charge < -0.3 is 4.84 Å². The minimum atomic E-state index is 0.223.